The Morgan fingerprint density at radius 3 is 2.69 bits per heavy atom. The number of amides is 2. The molecule has 1 saturated carbocycles. The normalized spacial score (nSPS) is 19.0. The summed E-state index contributed by atoms with van der Waals surface area (Å²) in [6.07, 6.45) is 4.80. The third-order valence-electron chi connectivity index (χ3n) is 6.38. The molecular weight excluding hydrogens is 404 g/mol. The standard InChI is InChI=1S/C25H26N4O3/c1-16-9-11-21(12-10-16)29-15-19(14-22(29)30)24(31)26-20-8-4-7-18(13-20)23-27-25(32-28-23)17-5-2-3-6-17/h4,7-13,17,19H,2-3,5-6,14-15H2,1H3,(H,26,31). The quantitative estimate of drug-likeness (QED) is 0.634. The molecular formula is C25H26N4O3. The van der Waals surface area contributed by atoms with Gasteiger partial charge in [0.1, 0.15) is 0 Å². The maximum Gasteiger partial charge on any atom is 0.230 e. The van der Waals surface area contributed by atoms with E-state index in [0.717, 1.165) is 29.7 Å². The summed E-state index contributed by atoms with van der Waals surface area (Å²) in [7, 11) is 0. The van der Waals surface area contributed by atoms with Gasteiger partial charge in [-0.25, -0.2) is 0 Å². The van der Waals surface area contributed by atoms with Gasteiger partial charge in [0, 0.05) is 35.8 Å². The maximum absolute atomic E-state index is 12.9. The Hall–Kier alpha value is -3.48. The summed E-state index contributed by atoms with van der Waals surface area (Å²) in [5.74, 6) is 0.998. The molecule has 1 saturated heterocycles. The average molecular weight is 431 g/mol. The minimum absolute atomic E-state index is 0.0333. The van der Waals surface area contributed by atoms with E-state index in [2.05, 4.69) is 15.5 Å². The van der Waals surface area contributed by atoms with Crippen molar-refractivity contribution in [2.45, 2.75) is 44.9 Å². The van der Waals surface area contributed by atoms with Crippen LogP contribution in [-0.2, 0) is 9.59 Å². The second-order valence-corrected chi connectivity index (χ2v) is 8.75. The number of hydrogen-bond acceptors (Lipinski definition) is 5. The van der Waals surface area contributed by atoms with Crippen molar-refractivity contribution < 1.29 is 14.1 Å². The fourth-order valence-electron chi connectivity index (χ4n) is 4.53. The van der Waals surface area contributed by atoms with Gasteiger partial charge in [0.15, 0.2) is 0 Å². The van der Waals surface area contributed by atoms with Gasteiger partial charge in [-0.05, 0) is 44.0 Å². The minimum Gasteiger partial charge on any atom is -0.339 e. The van der Waals surface area contributed by atoms with E-state index in [1.165, 1.54) is 12.8 Å². The smallest absolute Gasteiger partial charge is 0.230 e. The number of aromatic nitrogens is 2. The Morgan fingerprint density at radius 2 is 1.91 bits per heavy atom. The second-order valence-electron chi connectivity index (χ2n) is 8.75. The number of benzene rings is 2. The molecule has 1 N–H and O–H groups in total. The minimum atomic E-state index is -0.397. The molecule has 0 bridgehead atoms. The molecule has 7 heteroatoms. The number of aryl methyl sites for hydroxylation is 1. The Labute approximate surface area is 186 Å². The molecule has 2 fully saturated rings. The largest absolute Gasteiger partial charge is 0.339 e. The van der Waals surface area contributed by atoms with Gasteiger partial charge < -0.3 is 14.7 Å². The van der Waals surface area contributed by atoms with Crippen molar-refractivity contribution >= 4 is 23.2 Å². The van der Waals surface area contributed by atoms with Gasteiger partial charge in [-0.15, -0.1) is 0 Å². The number of nitrogens with zero attached hydrogens (tertiary/aromatic N) is 3. The van der Waals surface area contributed by atoms with Crippen LogP contribution in [0.4, 0.5) is 11.4 Å². The van der Waals surface area contributed by atoms with Crippen molar-refractivity contribution in [3.63, 3.8) is 0 Å². The van der Waals surface area contributed by atoms with Crippen LogP contribution in [-0.4, -0.2) is 28.5 Å². The molecule has 1 unspecified atom stereocenters. The molecule has 1 atom stereocenters. The van der Waals surface area contributed by atoms with E-state index in [4.69, 9.17) is 4.52 Å². The van der Waals surface area contributed by atoms with Crippen molar-refractivity contribution in [3.8, 4) is 11.4 Å². The molecule has 2 aliphatic rings. The molecule has 0 spiro atoms. The molecule has 2 heterocycles. The first kappa shape index (κ1) is 20.4. The summed E-state index contributed by atoms with van der Waals surface area (Å²) in [5, 5.41) is 7.09. The lowest BCUT2D eigenvalue weighted by Crippen LogP contribution is -2.28. The second kappa shape index (κ2) is 8.57. The molecule has 1 aromatic heterocycles. The number of hydrogen-bond donors (Lipinski definition) is 1. The number of carbonyl (C=O) groups is 2. The molecule has 0 radical (unpaired) electrons. The van der Waals surface area contributed by atoms with E-state index in [-0.39, 0.29) is 18.2 Å². The van der Waals surface area contributed by atoms with E-state index < -0.39 is 5.92 Å². The monoisotopic (exact) mass is 430 g/mol. The van der Waals surface area contributed by atoms with Crippen molar-refractivity contribution in [2.75, 3.05) is 16.8 Å². The molecule has 1 aliphatic heterocycles. The summed E-state index contributed by atoms with van der Waals surface area (Å²) < 4.78 is 5.49. The van der Waals surface area contributed by atoms with Crippen LogP contribution in [0.3, 0.4) is 0 Å². The molecule has 5 rings (SSSR count). The first-order valence-corrected chi connectivity index (χ1v) is 11.2. The van der Waals surface area contributed by atoms with Crippen molar-refractivity contribution in [2.24, 2.45) is 5.92 Å². The van der Waals surface area contributed by atoms with Gasteiger partial charge in [-0.1, -0.05) is 47.8 Å². The van der Waals surface area contributed by atoms with Gasteiger partial charge >= 0.3 is 0 Å². The van der Waals surface area contributed by atoms with Gasteiger partial charge in [0.2, 0.25) is 23.5 Å². The van der Waals surface area contributed by atoms with Crippen LogP contribution in [0.2, 0.25) is 0 Å². The Morgan fingerprint density at radius 1 is 1.12 bits per heavy atom. The molecule has 32 heavy (non-hydrogen) atoms. The van der Waals surface area contributed by atoms with Gasteiger partial charge in [0.25, 0.3) is 0 Å². The highest BCUT2D eigenvalue weighted by Crippen LogP contribution is 2.34. The van der Waals surface area contributed by atoms with E-state index in [0.29, 0.717) is 29.9 Å². The average Bonchev–Trinajstić information content (AvgIpc) is 3.55. The van der Waals surface area contributed by atoms with Crippen LogP contribution in [0.1, 0.15) is 49.5 Å². The predicted octanol–water partition coefficient (Wildman–Crippen LogP) is 4.69. The summed E-state index contributed by atoms with van der Waals surface area (Å²) >= 11 is 0. The van der Waals surface area contributed by atoms with Crippen molar-refractivity contribution in [1.29, 1.82) is 0 Å². The van der Waals surface area contributed by atoms with Crippen LogP contribution in [0.15, 0.2) is 53.1 Å². The summed E-state index contributed by atoms with van der Waals surface area (Å²) in [6, 6.07) is 15.2. The summed E-state index contributed by atoms with van der Waals surface area (Å²) in [4.78, 5) is 31.6. The predicted molar refractivity (Wildman–Crippen MR) is 121 cm³/mol. The molecule has 1 aliphatic carbocycles. The van der Waals surface area contributed by atoms with E-state index in [1.54, 1.807) is 4.90 Å². The molecule has 2 aromatic carbocycles. The van der Waals surface area contributed by atoms with E-state index in [9.17, 15) is 9.59 Å². The third-order valence-corrected chi connectivity index (χ3v) is 6.38. The molecule has 2 amide bonds. The third kappa shape index (κ3) is 4.15. The Kier molecular flexibility index (Phi) is 5.47. The number of carbonyl (C=O) groups excluding carboxylic acids is 2. The number of nitrogens with one attached hydrogen (secondary N) is 1. The number of anilines is 2. The topological polar surface area (TPSA) is 88.3 Å². The summed E-state index contributed by atoms with van der Waals surface area (Å²) in [5.41, 5.74) is 3.40. The zero-order chi connectivity index (χ0) is 22.1. The number of rotatable bonds is 5. The van der Waals surface area contributed by atoms with Gasteiger partial charge in [0.05, 0.1) is 5.92 Å². The zero-order valence-electron chi connectivity index (χ0n) is 18.1. The van der Waals surface area contributed by atoms with Gasteiger partial charge in [-0.3, -0.25) is 9.59 Å². The molecule has 3 aromatic rings. The molecule has 7 nitrogen and oxygen atoms in total. The first-order chi connectivity index (χ1) is 15.6. The van der Waals surface area contributed by atoms with Crippen molar-refractivity contribution in [1.82, 2.24) is 10.1 Å². The highest BCUT2D eigenvalue weighted by molar-refractivity contribution is 6.03. The lowest BCUT2D eigenvalue weighted by atomic mass is 10.1. The Bertz CT molecular complexity index is 1130. The van der Waals surface area contributed by atoms with Crippen LogP contribution in [0.25, 0.3) is 11.4 Å². The zero-order valence-corrected chi connectivity index (χ0v) is 18.1. The summed E-state index contributed by atoms with van der Waals surface area (Å²) in [6.45, 7) is 2.38. The highest BCUT2D eigenvalue weighted by Gasteiger charge is 2.35. The maximum atomic E-state index is 12.9. The lowest BCUT2D eigenvalue weighted by molar-refractivity contribution is -0.122. The van der Waals surface area contributed by atoms with Crippen LogP contribution in [0, 0.1) is 12.8 Å². The fourth-order valence-corrected chi connectivity index (χ4v) is 4.53. The van der Waals surface area contributed by atoms with E-state index in [1.807, 2.05) is 55.5 Å². The Balaban J connectivity index is 1.26. The van der Waals surface area contributed by atoms with Crippen LogP contribution in [0.5, 0.6) is 0 Å². The van der Waals surface area contributed by atoms with Gasteiger partial charge in [-0.2, -0.15) is 4.98 Å². The van der Waals surface area contributed by atoms with Crippen molar-refractivity contribution in [3.05, 3.63) is 60.0 Å². The fraction of sp³-hybridized carbons (Fsp3) is 0.360. The van der Waals surface area contributed by atoms with Crippen LogP contribution >= 0.6 is 0 Å². The lowest BCUT2D eigenvalue weighted by Gasteiger charge is -2.17. The first-order valence-electron chi connectivity index (χ1n) is 11.2. The SMILES string of the molecule is Cc1ccc(N2CC(C(=O)Nc3cccc(-c4noc(C5CCCC5)n4)c3)CC2=O)cc1. The highest BCUT2D eigenvalue weighted by atomic mass is 16.5. The van der Waals surface area contributed by atoms with Crippen LogP contribution < -0.4 is 10.2 Å². The molecule has 164 valence electrons. The van der Waals surface area contributed by atoms with E-state index >= 15 is 0 Å².